The Hall–Kier alpha value is 0.670. The Morgan fingerprint density at radius 2 is 1.94 bits per heavy atom. The van der Waals surface area contributed by atoms with Crippen LogP contribution in [0.2, 0.25) is 0 Å². The summed E-state index contributed by atoms with van der Waals surface area (Å²) in [7, 11) is 0. The van der Waals surface area contributed by atoms with E-state index in [0.717, 1.165) is 3.92 Å². The van der Waals surface area contributed by atoms with Crippen molar-refractivity contribution in [3.05, 3.63) is 9.66 Å². The summed E-state index contributed by atoms with van der Waals surface area (Å²) in [4.78, 5) is 11.0. The summed E-state index contributed by atoms with van der Waals surface area (Å²) in [6.45, 7) is 6.30. The molecule has 0 atom stereocenters. The van der Waals surface area contributed by atoms with E-state index in [1.807, 2.05) is 42.5 Å². The molecule has 17 heavy (non-hydrogen) atoms. The van der Waals surface area contributed by atoms with E-state index in [2.05, 4.69) is 22.6 Å². The number of carbonyl (C=O) groups excluding carboxylic acids is 1. The molecule has 100 valence electrons. The van der Waals surface area contributed by atoms with Gasteiger partial charge in [-0.25, -0.2) is 4.79 Å². The van der Waals surface area contributed by atoms with Crippen LogP contribution in [0.15, 0.2) is 9.66 Å². The molecular weight excluding hydrogens is 442 g/mol. The molecule has 1 saturated carbocycles. The maximum Gasteiger partial charge on any atom is 0.344 e. The molecule has 0 aliphatic heterocycles. The van der Waals surface area contributed by atoms with Crippen molar-refractivity contribution in [3.8, 4) is 0 Å². The van der Waals surface area contributed by atoms with Gasteiger partial charge >= 0.3 is 5.97 Å². The fraction of sp³-hybridized carbons (Fsp3) is 0.769. The van der Waals surface area contributed by atoms with Crippen molar-refractivity contribution in [2.45, 2.75) is 50.4 Å². The standard InChI is InChI=1S/C8H13IO2.C5H9I/c1-4-11-8(10)7(9)5-6(2)3;6-5-3-1-2-4-5/h5-6H,4H2,1-3H3;5H,1-4H2. The second-order valence-electron chi connectivity index (χ2n) is 4.36. The van der Waals surface area contributed by atoms with Crippen molar-refractivity contribution >= 4 is 51.2 Å². The number of esters is 1. The lowest BCUT2D eigenvalue weighted by molar-refractivity contribution is -0.137. The normalized spacial score (nSPS) is 16.7. The van der Waals surface area contributed by atoms with E-state index >= 15 is 0 Å². The van der Waals surface area contributed by atoms with Crippen LogP contribution in [0.1, 0.15) is 46.5 Å². The van der Waals surface area contributed by atoms with Gasteiger partial charge in [0.25, 0.3) is 0 Å². The third-order valence-corrected chi connectivity index (χ3v) is 4.28. The third kappa shape index (κ3) is 10.3. The Bertz CT molecular complexity index is 244. The number of alkyl halides is 1. The van der Waals surface area contributed by atoms with Crippen LogP contribution in [0.4, 0.5) is 0 Å². The summed E-state index contributed by atoms with van der Waals surface area (Å²) in [6, 6.07) is 0. The predicted molar refractivity (Wildman–Crippen MR) is 89.9 cm³/mol. The van der Waals surface area contributed by atoms with E-state index in [4.69, 9.17) is 4.74 Å². The van der Waals surface area contributed by atoms with Gasteiger partial charge in [-0.15, -0.1) is 0 Å². The van der Waals surface area contributed by atoms with Crippen molar-refractivity contribution in [2.75, 3.05) is 6.61 Å². The summed E-state index contributed by atoms with van der Waals surface area (Å²) in [5.74, 6) is 0.174. The highest BCUT2D eigenvalue weighted by Crippen LogP contribution is 2.24. The van der Waals surface area contributed by atoms with Crippen molar-refractivity contribution < 1.29 is 9.53 Å². The van der Waals surface area contributed by atoms with Crippen LogP contribution in [0.5, 0.6) is 0 Å². The molecule has 1 aliphatic carbocycles. The van der Waals surface area contributed by atoms with Gasteiger partial charge in [-0.1, -0.05) is 55.4 Å². The van der Waals surface area contributed by atoms with E-state index in [1.165, 1.54) is 25.7 Å². The van der Waals surface area contributed by atoms with Gasteiger partial charge < -0.3 is 4.74 Å². The van der Waals surface area contributed by atoms with E-state index in [9.17, 15) is 4.79 Å². The van der Waals surface area contributed by atoms with Gasteiger partial charge in [0.1, 0.15) is 0 Å². The number of ether oxygens (including phenoxy) is 1. The van der Waals surface area contributed by atoms with Gasteiger partial charge in [0, 0.05) is 3.92 Å². The van der Waals surface area contributed by atoms with E-state index < -0.39 is 0 Å². The number of halogens is 2. The zero-order chi connectivity index (χ0) is 13.3. The topological polar surface area (TPSA) is 26.3 Å². The summed E-state index contributed by atoms with van der Waals surface area (Å²) in [5, 5.41) is 0. The molecule has 0 aromatic heterocycles. The largest absolute Gasteiger partial charge is 0.462 e. The average molecular weight is 464 g/mol. The highest BCUT2D eigenvalue weighted by Gasteiger charge is 2.09. The summed E-state index contributed by atoms with van der Waals surface area (Å²) >= 11 is 4.52. The highest BCUT2D eigenvalue weighted by atomic mass is 127. The molecule has 2 nitrogen and oxygen atoms in total. The van der Waals surface area contributed by atoms with Gasteiger partial charge in [0.2, 0.25) is 0 Å². The van der Waals surface area contributed by atoms with Crippen LogP contribution < -0.4 is 0 Å². The molecule has 0 unspecified atom stereocenters. The first-order valence-corrected chi connectivity index (χ1v) is 8.48. The van der Waals surface area contributed by atoms with E-state index in [0.29, 0.717) is 16.1 Å². The molecule has 0 aromatic rings. The van der Waals surface area contributed by atoms with Crippen molar-refractivity contribution in [1.82, 2.24) is 0 Å². The van der Waals surface area contributed by atoms with Gasteiger partial charge in [-0.3, -0.25) is 0 Å². The molecule has 0 aromatic carbocycles. The van der Waals surface area contributed by atoms with Crippen molar-refractivity contribution in [3.63, 3.8) is 0 Å². The Morgan fingerprint density at radius 1 is 1.41 bits per heavy atom. The molecule has 0 spiro atoms. The Labute approximate surface area is 132 Å². The number of hydrogen-bond acceptors (Lipinski definition) is 2. The minimum atomic E-state index is -0.221. The molecule has 1 aliphatic rings. The van der Waals surface area contributed by atoms with Crippen LogP contribution in [-0.4, -0.2) is 16.5 Å². The summed E-state index contributed by atoms with van der Waals surface area (Å²) in [6.07, 6.45) is 7.79. The predicted octanol–water partition coefficient (Wildman–Crippen LogP) is 4.89. The average Bonchev–Trinajstić information content (AvgIpc) is 2.69. The molecule has 1 fully saturated rings. The Morgan fingerprint density at radius 3 is 2.24 bits per heavy atom. The molecule has 0 saturated heterocycles. The van der Waals surface area contributed by atoms with Crippen LogP contribution >= 0.6 is 45.2 Å². The lowest BCUT2D eigenvalue weighted by Crippen LogP contribution is -2.03. The molecule has 0 heterocycles. The van der Waals surface area contributed by atoms with E-state index in [-0.39, 0.29) is 5.97 Å². The number of rotatable bonds is 3. The first kappa shape index (κ1) is 17.7. The van der Waals surface area contributed by atoms with Gasteiger partial charge in [0.05, 0.1) is 10.2 Å². The van der Waals surface area contributed by atoms with Crippen LogP contribution in [0.3, 0.4) is 0 Å². The third-order valence-electron chi connectivity index (χ3n) is 2.23. The molecular formula is C13H22I2O2. The fourth-order valence-electron chi connectivity index (χ4n) is 1.44. The maximum atomic E-state index is 11.0. The van der Waals surface area contributed by atoms with Crippen LogP contribution in [0, 0.1) is 5.92 Å². The van der Waals surface area contributed by atoms with Crippen LogP contribution in [0.25, 0.3) is 0 Å². The zero-order valence-electron chi connectivity index (χ0n) is 10.8. The van der Waals surface area contributed by atoms with Crippen LogP contribution in [-0.2, 0) is 9.53 Å². The smallest absolute Gasteiger partial charge is 0.344 e. The SMILES string of the molecule is CCOC(=O)C(I)=CC(C)C.IC1CCCC1. The molecule has 4 heteroatoms. The first-order chi connectivity index (χ1) is 7.97. The Balaban J connectivity index is 0.000000354. The first-order valence-electron chi connectivity index (χ1n) is 6.15. The number of carbonyl (C=O) groups is 1. The molecule has 0 radical (unpaired) electrons. The molecule has 0 bridgehead atoms. The molecule has 0 N–H and O–H groups in total. The lowest BCUT2D eigenvalue weighted by Gasteiger charge is -2.00. The second-order valence-corrected chi connectivity index (χ2v) is 7.28. The number of hydrogen-bond donors (Lipinski definition) is 0. The monoisotopic (exact) mass is 464 g/mol. The minimum Gasteiger partial charge on any atom is -0.462 e. The van der Waals surface area contributed by atoms with E-state index in [1.54, 1.807) is 6.92 Å². The van der Waals surface area contributed by atoms with Crippen molar-refractivity contribution in [2.24, 2.45) is 5.92 Å². The molecule has 0 amide bonds. The second kappa shape index (κ2) is 10.6. The lowest BCUT2D eigenvalue weighted by atomic mass is 10.2. The Kier molecular flexibility index (Phi) is 11.0. The minimum absolute atomic E-state index is 0.221. The van der Waals surface area contributed by atoms with Crippen molar-refractivity contribution in [1.29, 1.82) is 0 Å². The zero-order valence-corrected chi connectivity index (χ0v) is 15.2. The number of allylic oxidation sites excluding steroid dienone is 1. The maximum absolute atomic E-state index is 11.0. The fourth-order valence-corrected chi connectivity index (χ4v) is 3.19. The van der Waals surface area contributed by atoms with Gasteiger partial charge in [-0.2, -0.15) is 0 Å². The van der Waals surface area contributed by atoms with Gasteiger partial charge in [-0.05, 0) is 48.3 Å². The summed E-state index contributed by atoms with van der Waals surface area (Å²) in [5.41, 5.74) is 0. The van der Waals surface area contributed by atoms with Gasteiger partial charge in [0.15, 0.2) is 0 Å². The quantitative estimate of drug-likeness (QED) is 0.258. The summed E-state index contributed by atoms with van der Waals surface area (Å²) < 4.78 is 6.47. The molecule has 1 rings (SSSR count). The highest BCUT2D eigenvalue weighted by molar-refractivity contribution is 14.1.